The molecular formula is C20H17Cl2N3O3. The van der Waals surface area contributed by atoms with E-state index in [0.29, 0.717) is 45.6 Å². The van der Waals surface area contributed by atoms with E-state index in [0.717, 1.165) is 36.4 Å². The van der Waals surface area contributed by atoms with Gasteiger partial charge in [-0.15, -0.1) is 0 Å². The van der Waals surface area contributed by atoms with Crippen LogP contribution in [0.1, 0.15) is 30.1 Å². The molecule has 0 spiro atoms. The number of hydrogen-bond acceptors (Lipinski definition) is 6. The molecule has 0 radical (unpaired) electrons. The van der Waals surface area contributed by atoms with Crippen molar-refractivity contribution >= 4 is 28.9 Å². The van der Waals surface area contributed by atoms with E-state index in [1.807, 2.05) is 12.1 Å². The van der Waals surface area contributed by atoms with Gasteiger partial charge < -0.3 is 19.3 Å². The molecule has 1 aliphatic carbocycles. The maximum atomic E-state index is 6.39. The molecule has 1 fully saturated rings. The number of ether oxygens (including phenoxy) is 2. The fraction of sp³-hybridized carbons (Fsp3) is 0.300. The first-order valence-electron chi connectivity index (χ1n) is 9.14. The zero-order valence-corrected chi connectivity index (χ0v) is 16.4. The van der Waals surface area contributed by atoms with Crippen LogP contribution in [0, 0.1) is 0 Å². The molecule has 3 aromatic rings. The molecule has 1 N–H and O–H groups in total. The molecule has 144 valence electrons. The standard InChI is InChI=1S/C20H17Cl2N3O3/c21-13-2-1-3-14(22)17(13)18-12(19(28-25-18)11-4-5-11)10-27-16-7-6-15-20(24-16)26-9-8-23-15/h1-3,6-7,11,23H,4-5,8-10H2. The average Bonchev–Trinajstić information content (AvgIpc) is 3.47. The van der Waals surface area contributed by atoms with E-state index in [-0.39, 0.29) is 6.61 Å². The molecule has 1 aromatic carbocycles. The van der Waals surface area contributed by atoms with Crippen molar-refractivity contribution in [2.75, 3.05) is 18.5 Å². The molecule has 0 unspecified atom stereocenters. The van der Waals surface area contributed by atoms with E-state index in [9.17, 15) is 0 Å². The molecule has 8 heteroatoms. The van der Waals surface area contributed by atoms with Crippen molar-refractivity contribution in [3.8, 4) is 23.0 Å². The zero-order chi connectivity index (χ0) is 19.1. The van der Waals surface area contributed by atoms with Crippen molar-refractivity contribution in [3.05, 3.63) is 51.7 Å². The first-order valence-corrected chi connectivity index (χ1v) is 9.89. The minimum atomic E-state index is 0.255. The van der Waals surface area contributed by atoms with Gasteiger partial charge in [-0.1, -0.05) is 34.4 Å². The fourth-order valence-electron chi connectivity index (χ4n) is 3.28. The molecule has 1 saturated carbocycles. The van der Waals surface area contributed by atoms with Gasteiger partial charge in [0.15, 0.2) is 0 Å². The average molecular weight is 418 g/mol. The first kappa shape index (κ1) is 17.6. The van der Waals surface area contributed by atoms with Crippen LogP contribution in [0.15, 0.2) is 34.9 Å². The molecule has 5 rings (SSSR count). The number of halogens is 2. The Morgan fingerprint density at radius 2 is 1.96 bits per heavy atom. The maximum Gasteiger partial charge on any atom is 0.240 e. The van der Waals surface area contributed by atoms with Crippen molar-refractivity contribution in [3.63, 3.8) is 0 Å². The van der Waals surface area contributed by atoms with Gasteiger partial charge in [0, 0.05) is 24.1 Å². The van der Waals surface area contributed by atoms with E-state index in [4.69, 9.17) is 37.2 Å². The molecule has 6 nitrogen and oxygen atoms in total. The largest absolute Gasteiger partial charge is 0.474 e. The number of hydrogen-bond donors (Lipinski definition) is 1. The van der Waals surface area contributed by atoms with Gasteiger partial charge in [0.2, 0.25) is 11.8 Å². The Morgan fingerprint density at radius 3 is 2.75 bits per heavy atom. The monoisotopic (exact) mass is 417 g/mol. The summed E-state index contributed by atoms with van der Waals surface area (Å²) in [5, 5.41) is 8.56. The van der Waals surface area contributed by atoms with Crippen molar-refractivity contribution in [1.82, 2.24) is 10.1 Å². The second-order valence-electron chi connectivity index (χ2n) is 6.81. The van der Waals surface area contributed by atoms with Gasteiger partial charge in [0.1, 0.15) is 24.7 Å². The molecule has 2 aliphatic rings. The van der Waals surface area contributed by atoms with Crippen LogP contribution in [0.3, 0.4) is 0 Å². The molecule has 0 bridgehead atoms. The van der Waals surface area contributed by atoms with Crippen LogP contribution in [0.4, 0.5) is 5.69 Å². The van der Waals surface area contributed by atoms with Crippen molar-refractivity contribution in [1.29, 1.82) is 0 Å². The third-order valence-electron chi connectivity index (χ3n) is 4.82. The Kier molecular flexibility index (Phi) is 4.53. The second kappa shape index (κ2) is 7.18. The number of nitrogens with zero attached hydrogens (tertiary/aromatic N) is 2. The molecule has 1 aliphatic heterocycles. The Morgan fingerprint density at radius 1 is 1.14 bits per heavy atom. The summed E-state index contributed by atoms with van der Waals surface area (Å²) in [5.74, 6) is 2.22. The Bertz CT molecular complexity index is 1010. The lowest BCUT2D eigenvalue weighted by Gasteiger charge is -2.18. The Hall–Kier alpha value is -2.44. The van der Waals surface area contributed by atoms with Gasteiger partial charge >= 0.3 is 0 Å². The predicted octanol–water partition coefficient (Wildman–Crippen LogP) is 5.30. The van der Waals surface area contributed by atoms with E-state index in [2.05, 4.69) is 15.5 Å². The number of anilines is 1. The second-order valence-corrected chi connectivity index (χ2v) is 7.63. The molecule has 3 heterocycles. The highest BCUT2D eigenvalue weighted by atomic mass is 35.5. The van der Waals surface area contributed by atoms with Crippen molar-refractivity contribution in [2.24, 2.45) is 0 Å². The lowest BCUT2D eigenvalue weighted by atomic mass is 10.0. The van der Waals surface area contributed by atoms with Gasteiger partial charge in [-0.2, -0.15) is 4.98 Å². The maximum absolute atomic E-state index is 6.39. The van der Waals surface area contributed by atoms with E-state index >= 15 is 0 Å². The van der Waals surface area contributed by atoms with Crippen LogP contribution in [0.25, 0.3) is 11.3 Å². The molecule has 0 atom stereocenters. The highest BCUT2D eigenvalue weighted by Crippen LogP contribution is 2.46. The van der Waals surface area contributed by atoms with Gasteiger partial charge in [0.05, 0.1) is 21.3 Å². The summed E-state index contributed by atoms with van der Waals surface area (Å²) >= 11 is 12.8. The van der Waals surface area contributed by atoms with Gasteiger partial charge in [-0.3, -0.25) is 0 Å². The summed E-state index contributed by atoms with van der Waals surface area (Å²) in [6.45, 7) is 1.60. The van der Waals surface area contributed by atoms with Crippen molar-refractivity contribution in [2.45, 2.75) is 25.4 Å². The zero-order valence-electron chi connectivity index (χ0n) is 14.9. The molecule has 0 amide bonds. The molecule has 2 aromatic heterocycles. The van der Waals surface area contributed by atoms with E-state index < -0.39 is 0 Å². The van der Waals surface area contributed by atoms with Crippen LogP contribution in [0.2, 0.25) is 10.0 Å². The highest BCUT2D eigenvalue weighted by molar-refractivity contribution is 6.39. The minimum Gasteiger partial charge on any atom is -0.474 e. The summed E-state index contributed by atoms with van der Waals surface area (Å²) in [4.78, 5) is 4.43. The number of nitrogens with one attached hydrogen (secondary N) is 1. The van der Waals surface area contributed by atoms with Crippen LogP contribution in [-0.2, 0) is 6.61 Å². The summed E-state index contributed by atoms with van der Waals surface area (Å²) in [6.07, 6.45) is 2.16. The fourth-order valence-corrected chi connectivity index (χ4v) is 3.85. The third-order valence-corrected chi connectivity index (χ3v) is 5.45. The lowest BCUT2D eigenvalue weighted by molar-refractivity contribution is 0.271. The number of benzene rings is 1. The number of pyridine rings is 1. The summed E-state index contributed by atoms with van der Waals surface area (Å²) in [6, 6.07) is 9.09. The van der Waals surface area contributed by atoms with Crippen LogP contribution < -0.4 is 14.8 Å². The van der Waals surface area contributed by atoms with Gasteiger partial charge in [-0.05, 0) is 31.0 Å². The third kappa shape index (κ3) is 3.27. The Balaban J connectivity index is 1.47. The Labute approximate surface area is 171 Å². The van der Waals surface area contributed by atoms with Crippen molar-refractivity contribution < 1.29 is 14.0 Å². The van der Waals surface area contributed by atoms with E-state index in [1.54, 1.807) is 18.2 Å². The summed E-state index contributed by atoms with van der Waals surface area (Å²) in [7, 11) is 0. The quantitative estimate of drug-likeness (QED) is 0.606. The number of fused-ring (bicyclic) bond motifs is 1. The smallest absolute Gasteiger partial charge is 0.240 e. The molecular weight excluding hydrogens is 401 g/mol. The van der Waals surface area contributed by atoms with Crippen LogP contribution in [0.5, 0.6) is 11.8 Å². The number of rotatable bonds is 5. The molecule has 0 saturated heterocycles. The minimum absolute atomic E-state index is 0.255. The number of aromatic nitrogens is 2. The molecule has 28 heavy (non-hydrogen) atoms. The highest BCUT2D eigenvalue weighted by Gasteiger charge is 2.33. The summed E-state index contributed by atoms with van der Waals surface area (Å²) < 4.78 is 17.2. The normalized spacial score (nSPS) is 15.5. The van der Waals surface area contributed by atoms with Gasteiger partial charge in [-0.25, -0.2) is 0 Å². The van der Waals surface area contributed by atoms with Gasteiger partial charge in [0.25, 0.3) is 0 Å². The summed E-state index contributed by atoms with van der Waals surface area (Å²) in [5.41, 5.74) is 3.00. The predicted molar refractivity (Wildman–Crippen MR) is 106 cm³/mol. The topological polar surface area (TPSA) is 69.4 Å². The van der Waals surface area contributed by atoms with E-state index in [1.165, 1.54) is 0 Å². The lowest BCUT2D eigenvalue weighted by Crippen LogP contribution is -2.19. The first-order chi connectivity index (χ1) is 13.7. The van der Waals surface area contributed by atoms with Crippen LogP contribution in [-0.4, -0.2) is 23.3 Å². The van der Waals surface area contributed by atoms with Crippen LogP contribution >= 0.6 is 23.2 Å². The SMILES string of the molecule is Clc1cccc(Cl)c1-c1noc(C2CC2)c1COc1ccc2c(n1)OCCN2.